The number of amides is 3. The summed E-state index contributed by atoms with van der Waals surface area (Å²) in [5.74, 6) is -0.0635. The van der Waals surface area contributed by atoms with E-state index >= 15 is 0 Å². The standard InChI is InChI=1S/C28H26N4O4/c1-19-5-2-6-20(15-19)28(35)32-23-12-10-22(11-13-23)29-18-26(33)31-24-8-3-7-21(16-24)27(34)30-17-25-9-4-14-36-25/h2-16,29H,17-18H2,1H3,(H,30,34)(H,31,33)(H,32,35). The van der Waals surface area contributed by atoms with Gasteiger partial charge in [-0.15, -0.1) is 0 Å². The Labute approximate surface area is 208 Å². The first kappa shape index (κ1) is 24.3. The van der Waals surface area contributed by atoms with Gasteiger partial charge in [-0.3, -0.25) is 14.4 Å². The Morgan fingerprint density at radius 3 is 2.17 bits per heavy atom. The Bertz CT molecular complexity index is 1350. The van der Waals surface area contributed by atoms with Gasteiger partial charge in [-0.1, -0.05) is 23.8 Å². The van der Waals surface area contributed by atoms with E-state index in [9.17, 15) is 14.4 Å². The van der Waals surface area contributed by atoms with Gasteiger partial charge in [-0.25, -0.2) is 0 Å². The zero-order valence-electron chi connectivity index (χ0n) is 19.7. The number of carbonyl (C=O) groups excluding carboxylic acids is 3. The fourth-order valence-corrected chi connectivity index (χ4v) is 3.47. The number of hydrogen-bond acceptors (Lipinski definition) is 5. The van der Waals surface area contributed by atoms with Crippen molar-refractivity contribution in [1.29, 1.82) is 0 Å². The van der Waals surface area contributed by atoms with Crippen LogP contribution in [0.15, 0.2) is 95.6 Å². The van der Waals surface area contributed by atoms with Gasteiger partial charge in [0.2, 0.25) is 5.91 Å². The largest absolute Gasteiger partial charge is 0.467 e. The average molecular weight is 483 g/mol. The molecule has 36 heavy (non-hydrogen) atoms. The molecule has 0 aliphatic carbocycles. The third-order valence-electron chi connectivity index (χ3n) is 5.29. The zero-order chi connectivity index (χ0) is 25.3. The van der Waals surface area contributed by atoms with Gasteiger partial charge < -0.3 is 25.7 Å². The minimum atomic E-state index is -0.268. The minimum absolute atomic E-state index is 0.0317. The van der Waals surface area contributed by atoms with Crippen molar-refractivity contribution in [3.05, 3.63) is 114 Å². The normalized spacial score (nSPS) is 10.4. The number of hydrogen-bond donors (Lipinski definition) is 4. The molecular weight excluding hydrogens is 456 g/mol. The van der Waals surface area contributed by atoms with Crippen LogP contribution in [0.4, 0.5) is 17.1 Å². The topological polar surface area (TPSA) is 112 Å². The third-order valence-corrected chi connectivity index (χ3v) is 5.29. The Morgan fingerprint density at radius 2 is 1.44 bits per heavy atom. The second-order valence-corrected chi connectivity index (χ2v) is 8.15. The van der Waals surface area contributed by atoms with Crippen molar-refractivity contribution >= 4 is 34.8 Å². The first-order chi connectivity index (χ1) is 17.5. The van der Waals surface area contributed by atoms with Crippen LogP contribution >= 0.6 is 0 Å². The minimum Gasteiger partial charge on any atom is -0.467 e. The van der Waals surface area contributed by atoms with Crippen molar-refractivity contribution < 1.29 is 18.8 Å². The first-order valence-electron chi connectivity index (χ1n) is 11.4. The molecule has 8 heteroatoms. The van der Waals surface area contributed by atoms with Gasteiger partial charge in [-0.05, 0) is 73.7 Å². The van der Waals surface area contributed by atoms with Crippen molar-refractivity contribution in [3.63, 3.8) is 0 Å². The lowest BCUT2D eigenvalue weighted by atomic mass is 10.1. The van der Waals surface area contributed by atoms with Crippen molar-refractivity contribution in [2.24, 2.45) is 0 Å². The highest BCUT2D eigenvalue weighted by atomic mass is 16.3. The lowest BCUT2D eigenvalue weighted by molar-refractivity contribution is -0.114. The molecule has 8 nitrogen and oxygen atoms in total. The number of benzene rings is 3. The average Bonchev–Trinajstić information content (AvgIpc) is 3.41. The molecule has 0 aliphatic heterocycles. The molecule has 0 fully saturated rings. The SMILES string of the molecule is Cc1cccc(C(=O)Nc2ccc(NCC(=O)Nc3cccc(C(=O)NCc4ccco4)c3)cc2)c1. The lowest BCUT2D eigenvalue weighted by Gasteiger charge is -2.10. The molecule has 0 saturated heterocycles. The van der Waals surface area contributed by atoms with Crippen LogP contribution in [0.1, 0.15) is 32.0 Å². The predicted molar refractivity (Wildman–Crippen MR) is 139 cm³/mol. The number of rotatable bonds is 9. The summed E-state index contributed by atoms with van der Waals surface area (Å²) >= 11 is 0. The summed E-state index contributed by atoms with van der Waals surface area (Å²) in [4.78, 5) is 37.2. The van der Waals surface area contributed by atoms with Gasteiger partial charge in [0.25, 0.3) is 11.8 Å². The molecule has 3 amide bonds. The quantitative estimate of drug-likeness (QED) is 0.273. The molecule has 4 aromatic rings. The molecular formula is C28H26N4O4. The van der Waals surface area contributed by atoms with Gasteiger partial charge in [0.15, 0.2) is 0 Å². The second kappa shape index (κ2) is 11.5. The summed E-state index contributed by atoms with van der Waals surface area (Å²) in [5, 5.41) is 11.5. The maximum Gasteiger partial charge on any atom is 0.255 e. The fraction of sp³-hybridized carbons (Fsp3) is 0.107. The molecule has 4 N–H and O–H groups in total. The molecule has 0 spiro atoms. The molecule has 0 saturated carbocycles. The van der Waals surface area contributed by atoms with Crippen LogP contribution in [0, 0.1) is 6.92 Å². The van der Waals surface area contributed by atoms with Crippen molar-refractivity contribution in [2.45, 2.75) is 13.5 Å². The van der Waals surface area contributed by atoms with E-state index in [1.807, 2.05) is 25.1 Å². The van der Waals surface area contributed by atoms with Gasteiger partial charge in [0.1, 0.15) is 5.76 Å². The van der Waals surface area contributed by atoms with Crippen LogP contribution in [0.2, 0.25) is 0 Å². The summed E-state index contributed by atoms with van der Waals surface area (Å²) in [7, 11) is 0. The van der Waals surface area contributed by atoms with E-state index < -0.39 is 0 Å². The van der Waals surface area contributed by atoms with E-state index in [1.165, 1.54) is 0 Å². The molecule has 1 aromatic heterocycles. The molecule has 0 aliphatic rings. The smallest absolute Gasteiger partial charge is 0.255 e. The van der Waals surface area contributed by atoms with Crippen molar-refractivity contribution in [3.8, 4) is 0 Å². The molecule has 0 atom stereocenters. The zero-order valence-corrected chi connectivity index (χ0v) is 19.7. The highest BCUT2D eigenvalue weighted by Gasteiger charge is 2.09. The monoisotopic (exact) mass is 482 g/mol. The molecule has 1 heterocycles. The van der Waals surface area contributed by atoms with Gasteiger partial charge in [0.05, 0.1) is 19.4 Å². The Morgan fingerprint density at radius 1 is 0.722 bits per heavy atom. The van der Waals surface area contributed by atoms with Crippen LogP contribution < -0.4 is 21.3 Å². The van der Waals surface area contributed by atoms with Crippen LogP contribution in [-0.2, 0) is 11.3 Å². The summed E-state index contributed by atoms with van der Waals surface area (Å²) in [6, 6.07) is 24.7. The molecule has 4 rings (SSSR count). The van der Waals surface area contributed by atoms with E-state index in [0.717, 1.165) is 11.3 Å². The van der Waals surface area contributed by atoms with Crippen LogP contribution in [-0.4, -0.2) is 24.3 Å². The molecule has 3 aromatic carbocycles. The summed E-state index contributed by atoms with van der Waals surface area (Å²) in [6.07, 6.45) is 1.55. The maximum atomic E-state index is 12.4. The number of furan rings is 1. The summed E-state index contributed by atoms with van der Waals surface area (Å²) in [5.41, 5.74) is 3.93. The van der Waals surface area contributed by atoms with Crippen LogP contribution in [0.5, 0.6) is 0 Å². The summed E-state index contributed by atoms with van der Waals surface area (Å²) < 4.78 is 5.21. The second-order valence-electron chi connectivity index (χ2n) is 8.15. The van der Waals surface area contributed by atoms with E-state index in [2.05, 4.69) is 21.3 Å². The molecule has 182 valence electrons. The number of aryl methyl sites for hydroxylation is 1. The van der Waals surface area contributed by atoms with Crippen molar-refractivity contribution in [1.82, 2.24) is 5.32 Å². The van der Waals surface area contributed by atoms with E-state index in [4.69, 9.17) is 4.42 Å². The Kier molecular flexibility index (Phi) is 7.77. The van der Waals surface area contributed by atoms with E-state index in [1.54, 1.807) is 73.0 Å². The molecule has 0 bridgehead atoms. The Balaban J connectivity index is 1.25. The fourth-order valence-electron chi connectivity index (χ4n) is 3.47. The van der Waals surface area contributed by atoms with Gasteiger partial charge >= 0.3 is 0 Å². The maximum absolute atomic E-state index is 12.4. The van der Waals surface area contributed by atoms with Crippen molar-refractivity contribution in [2.75, 3.05) is 22.5 Å². The number of nitrogens with one attached hydrogen (secondary N) is 4. The summed E-state index contributed by atoms with van der Waals surface area (Å²) in [6.45, 7) is 2.25. The van der Waals surface area contributed by atoms with E-state index in [-0.39, 0.29) is 30.8 Å². The highest BCUT2D eigenvalue weighted by Crippen LogP contribution is 2.16. The molecule has 0 unspecified atom stereocenters. The number of carbonyl (C=O) groups is 3. The lowest BCUT2D eigenvalue weighted by Crippen LogP contribution is -2.24. The predicted octanol–water partition coefficient (Wildman–Crippen LogP) is 4.82. The van der Waals surface area contributed by atoms with E-state index in [0.29, 0.717) is 28.3 Å². The third kappa shape index (κ3) is 6.83. The van der Waals surface area contributed by atoms with Gasteiger partial charge in [-0.2, -0.15) is 0 Å². The van der Waals surface area contributed by atoms with Gasteiger partial charge in [0, 0.05) is 28.2 Å². The van der Waals surface area contributed by atoms with Crippen LogP contribution in [0.25, 0.3) is 0 Å². The first-order valence-corrected chi connectivity index (χ1v) is 11.4. The highest BCUT2D eigenvalue weighted by molar-refractivity contribution is 6.04. The Hall–Kier alpha value is -4.85. The molecule has 0 radical (unpaired) electrons. The number of anilines is 3. The van der Waals surface area contributed by atoms with Crippen LogP contribution in [0.3, 0.4) is 0 Å².